The molecule has 4 rings (SSSR count). The van der Waals surface area contributed by atoms with E-state index in [2.05, 4.69) is 62.9 Å². The normalized spacial score (nSPS) is 22.1. The van der Waals surface area contributed by atoms with Crippen LogP contribution in [0.1, 0.15) is 60.4 Å². The molecule has 3 heteroatoms. The highest BCUT2D eigenvalue weighted by Crippen LogP contribution is 2.44. The summed E-state index contributed by atoms with van der Waals surface area (Å²) in [5.41, 5.74) is 13.6. The lowest BCUT2D eigenvalue weighted by atomic mass is 9.89. The van der Waals surface area contributed by atoms with Gasteiger partial charge in [0, 0.05) is 24.2 Å². The Morgan fingerprint density at radius 3 is 2.43 bits per heavy atom. The number of nitrogens with two attached hydrogens (primary N) is 1. The first-order valence-electron chi connectivity index (χ1n) is 11.7. The average molecular weight is 407 g/mol. The molecule has 0 radical (unpaired) electrons. The molecule has 3 nitrogen and oxygen atoms in total. The number of aryl methyl sites for hydroxylation is 1. The number of nitrogen functional groups attached to an aromatic ring is 1. The van der Waals surface area contributed by atoms with Gasteiger partial charge in [-0.15, -0.1) is 0 Å². The van der Waals surface area contributed by atoms with Gasteiger partial charge in [-0.05, 0) is 94.6 Å². The number of hydrogen-bond acceptors (Lipinski definition) is 3. The summed E-state index contributed by atoms with van der Waals surface area (Å²) in [7, 11) is 0. The van der Waals surface area contributed by atoms with Gasteiger partial charge in [0.15, 0.2) is 0 Å². The standard InChI is InChI=1S/C27H38N2O/c1-19-20(2)26-24(21(3)25(19)28)17-27(4,30-26)18-29-15-13-23(14-16-29)12-8-11-22-9-6-5-7-10-22/h5-7,9-10,23H,8,11-18,28H2,1-4H3. The highest BCUT2D eigenvalue weighted by atomic mass is 16.5. The van der Waals surface area contributed by atoms with Gasteiger partial charge in [0.05, 0.1) is 0 Å². The number of likely N-dealkylation sites (tertiary alicyclic amines) is 1. The predicted molar refractivity (Wildman–Crippen MR) is 126 cm³/mol. The molecule has 0 bridgehead atoms. The van der Waals surface area contributed by atoms with E-state index >= 15 is 0 Å². The van der Waals surface area contributed by atoms with Crippen molar-refractivity contribution in [3.8, 4) is 5.75 Å². The first kappa shape index (κ1) is 21.2. The topological polar surface area (TPSA) is 38.5 Å². The fraction of sp³-hybridized carbons (Fsp3) is 0.556. The molecule has 0 spiro atoms. The van der Waals surface area contributed by atoms with Crippen molar-refractivity contribution in [1.82, 2.24) is 4.90 Å². The van der Waals surface area contributed by atoms with Gasteiger partial charge in [-0.25, -0.2) is 0 Å². The van der Waals surface area contributed by atoms with Crippen LogP contribution >= 0.6 is 0 Å². The van der Waals surface area contributed by atoms with E-state index in [-0.39, 0.29) is 5.60 Å². The van der Waals surface area contributed by atoms with Crippen LogP contribution in [0.5, 0.6) is 5.75 Å². The summed E-state index contributed by atoms with van der Waals surface area (Å²) in [5, 5.41) is 0. The molecular weight excluding hydrogens is 368 g/mol. The first-order valence-corrected chi connectivity index (χ1v) is 11.7. The summed E-state index contributed by atoms with van der Waals surface area (Å²) in [6.45, 7) is 12.1. The van der Waals surface area contributed by atoms with E-state index < -0.39 is 0 Å². The number of anilines is 1. The fourth-order valence-corrected chi connectivity index (χ4v) is 5.45. The Balaban J connectivity index is 1.28. The molecule has 1 unspecified atom stereocenters. The summed E-state index contributed by atoms with van der Waals surface area (Å²) in [6, 6.07) is 10.9. The number of nitrogens with zero attached hydrogens (tertiary/aromatic N) is 1. The van der Waals surface area contributed by atoms with Gasteiger partial charge in [-0.3, -0.25) is 4.90 Å². The van der Waals surface area contributed by atoms with Crippen LogP contribution in [0.2, 0.25) is 0 Å². The van der Waals surface area contributed by atoms with Crippen LogP contribution in [0, 0.1) is 26.7 Å². The number of piperidine rings is 1. The van der Waals surface area contributed by atoms with Gasteiger partial charge < -0.3 is 10.5 Å². The van der Waals surface area contributed by atoms with Gasteiger partial charge in [-0.2, -0.15) is 0 Å². The zero-order chi connectivity index (χ0) is 21.3. The minimum atomic E-state index is -0.141. The van der Waals surface area contributed by atoms with Crippen molar-refractivity contribution in [1.29, 1.82) is 0 Å². The molecule has 2 aromatic carbocycles. The van der Waals surface area contributed by atoms with Crippen LogP contribution < -0.4 is 10.5 Å². The molecule has 1 atom stereocenters. The Kier molecular flexibility index (Phi) is 6.11. The molecule has 1 saturated heterocycles. The number of ether oxygens (including phenoxy) is 1. The fourth-order valence-electron chi connectivity index (χ4n) is 5.45. The summed E-state index contributed by atoms with van der Waals surface area (Å²) < 4.78 is 6.59. The zero-order valence-corrected chi connectivity index (χ0v) is 19.3. The van der Waals surface area contributed by atoms with Gasteiger partial charge in [0.2, 0.25) is 0 Å². The van der Waals surface area contributed by atoms with Crippen LogP contribution in [0.25, 0.3) is 0 Å². The van der Waals surface area contributed by atoms with Crippen molar-refractivity contribution in [2.24, 2.45) is 5.92 Å². The lowest BCUT2D eigenvalue weighted by Gasteiger charge is -2.37. The smallest absolute Gasteiger partial charge is 0.127 e. The lowest BCUT2D eigenvalue weighted by Crippen LogP contribution is -2.47. The number of rotatable bonds is 6. The van der Waals surface area contributed by atoms with Crippen molar-refractivity contribution >= 4 is 5.69 Å². The maximum Gasteiger partial charge on any atom is 0.127 e. The molecule has 30 heavy (non-hydrogen) atoms. The van der Waals surface area contributed by atoms with Crippen molar-refractivity contribution in [3.05, 3.63) is 58.1 Å². The van der Waals surface area contributed by atoms with Crippen molar-refractivity contribution in [2.75, 3.05) is 25.4 Å². The maximum absolute atomic E-state index is 6.59. The van der Waals surface area contributed by atoms with E-state index in [0.29, 0.717) is 0 Å². The molecule has 0 aliphatic carbocycles. The molecule has 2 heterocycles. The van der Waals surface area contributed by atoms with Crippen molar-refractivity contribution in [3.63, 3.8) is 0 Å². The Bertz CT molecular complexity index is 845. The molecule has 2 aliphatic heterocycles. The molecule has 0 aromatic heterocycles. The average Bonchev–Trinajstić information content (AvgIpc) is 3.10. The quantitative estimate of drug-likeness (QED) is 0.633. The predicted octanol–water partition coefficient (Wildman–Crippen LogP) is 5.62. The second-order valence-electron chi connectivity index (χ2n) is 9.92. The van der Waals surface area contributed by atoms with E-state index in [0.717, 1.165) is 30.3 Å². The highest BCUT2D eigenvalue weighted by Gasteiger charge is 2.39. The second-order valence-corrected chi connectivity index (χ2v) is 9.92. The molecule has 0 saturated carbocycles. The van der Waals surface area contributed by atoms with E-state index in [9.17, 15) is 0 Å². The Hall–Kier alpha value is -2.00. The van der Waals surface area contributed by atoms with E-state index in [1.54, 1.807) is 0 Å². The lowest BCUT2D eigenvalue weighted by molar-refractivity contribution is 0.0465. The molecule has 0 amide bonds. The number of hydrogen-bond donors (Lipinski definition) is 1. The van der Waals surface area contributed by atoms with Crippen LogP contribution in [0.4, 0.5) is 5.69 Å². The second kappa shape index (κ2) is 8.63. The van der Waals surface area contributed by atoms with E-state index in [4.69, 9.17) is 10.5 Å². The maximum atomic E-state index is 6.59. The Labute approximate surface area is 182 Å². The van der Waals surface area contributed by atoms with Gasteiger partial charge in [-0.1, -0.05) is 36.8 Å². The first-order chi connectivity index (χ1) is 14.4. The monoisotopic (exact) mass is 406 g/mol. The van der Waals surface area contributed by atoms with Crippen LogP contribution in [-0.4, -0.2) is 30.1 Å². The zero-order valence-electron chi connectivity index (χ0n) is 19.3. The van der Waals surface area contributed by atoms with Crippen LogP contribution in [0.15, 0.2) is 30.3 Å². The van der Waals surface area contributed by atoms with Crippen molar-refractivity contribution < 1.29 is 4.74 Å². The summed E-state index contributed by atoms with van der Waals surface area (Å²) in [6.07, 6.45) is 7.50. The minimum Gasteiger partial charge on any atom is -0.485 e. The largest absolute Gasteiger partial charge is 0.485 e. The SMILES string of the molecule is Cc1c(C)c2c(c(C)c1N)CC(C)(CN1CCC(CCCc3ccccc3)CC1)O2. The molecular formula is C27H38N2O. The Morgan fingerprint density at radius 1 is 1.03 bits per heavy atom. The molecule has 1 fully saturated rings. The van der Waals surface area contributed by atoms with Crippen molar-refractivity contribution in [2.45, 2.75) is 71.8 Å². The third-order valence-corrected chi connectivity index (χ3v) is 7.52. The highest BCUT2D eigenvalue weighted by molar-refractivity contribution is 5.66. The van der Waals surface area contributed by atoms with Gasteiger partial charge >= 0.3 is 0 Å². The van der Waals surface area contributed by atoms with E-state index in [1.807, 2.05) is 0 Å². The third-order valence-electron chi connectivity index (χ3n) is 7.52. The van der Waals surface area contributed by atoms with E-state index in [1.165, 1.54) is 73.0 Å². The van der Waals surface area contributed by atoms with Gasteiger partial charge in [0.1, 0.15) is 11.4 Å². The summed E-state index contributed by atoms with van der Waals surface area (Å²) >= 11 is 0. The molecule has 162 valence electrons. The molecule has 2 aromatic rings. The van der Waals surface area contributed by atoms with Crippen LogP contribution in [-0.2, 0) is 12.8 Å². The minimum absolute atomic E-state index is 0.141. The summed E-state index contributed by atoms with van der Waals surface area (Å²) in [5.74, 6) is 1.98. The summed E-state index contributed by atoms with van der Waals surface area (Å²) in [4.78, 5) is 2.63. The van der Waals surface area contributed by atoms with Gasteiger partial charge in [0.25, 0.3) is 0 Å². The third kappa shape index (κ3) is 4.37. The number of benzene rings is 2. The molecule has 2 N–H and O–H groups in total. The van der Waals surface area contributed by atoms with Crippen LogP contribution in [0.3, 0.4) is 0 Å². The Morgan fingerprint density at radius 2 is 1.73 bits per heavy atom. The molecule has 2 aliphatic rings. The number of fused-ring (bicyclic) bond motifs is 1.